The van der Waals surface area contributed by atoms with Gasteiger partial charge in [0.1, 0.15) is 0 Å². The summed E-state index contributed by atoms with van der Waals surface area (Å²) >= 11 is 0. The first-order valence-electron chi connectivity index (χ1n) is 9.02. The van der Waals surface area contributed by atoms with Gasteiger partial charge in [0.05, 0.1) is 0 Å². The minimum absolute atomic E-state index is 0.659. The van der Waals surface area contributed by atoms with E-state index in [2.05, 4.69) is 44.8 Å². The quantitative estimate of drug-likeness (QED) is 0.678. The lowest BCUT2D eigenvalue weighted by molar-refractivity contribution is 0.143. The van der Waals surface area contributed by atoms with E-state index in [4.69, 9.17) is 0 Å². The molecule has 0 aromatic carbocycles. The molecule has 1 N–H and O–H groups in total. The van der Waals surface area contributed by atoms with Gasteiger partial charge in [0, 0.05) is 25.2 Å². The molecule has 0 spiro atoms. The van der Waals surface area contributed by atoms with Crippen molar-refractivity contribution in [2.75, 3.05) is 19.6 Å². The molecule has 2 heteroatoms. The van der Waals surface area contributed by atoms with Crippen molar-refractivity contribution in [3.63, 3.8) is 0 Å². The first kappa shape index (κ1) is 18.0. The Kier molecular flexibility index (Phi) is 8.79. The van der Waals surface area contributed by atoms with Gasteiger partial charge in [-0.05, 0) is 51.5 Å². The molecular weight excluding hydrogens is 244 g/mol. The summed E-state index contributed by atoms with van der Waals surface area (Å²) in [6.07, 6.45) is 8.47. The number of rotatable bonds is 9. The second kappa shape index (κ2) is 9.78. The molecule has 1 aliphatic carbocycles. The van der Waals surface area contributed by atoms with Crippen LogP contribution >= 0.6 is 0 Å². The average Bonchev–Trinajstić information content (AvgIpc) is 2.42. The third-order valence-electron chi connectivity index (χ3n) is 4.64. The van der Waals surface area contributed by atoms with Crippen molar-refractivity contribution in [2.45, 2.75) is 85.2 Å². The molecule has 120 valence electrons. The molecule has 2 nitrogen and oxygen atoms in total. The van der Waals surface area contributed by atoms with Crippen molar-refractivity contribution in [1.29, 1.82) is 0 Å². The van der Waals surface area contributed by atoms with E-state index < -0.39 is 0 Å². The summed E-state index contributed by atoms with van der Waals surface area (Å²) in [6, 6.07) is 1.36. The fraction of sp³-hybridized carbons (Fsp3) is 1.00. The van der Waals surface area contributed by atoms with Crippen LogP contribution in [0.1, 0.15) is 73.1 Å². The molecule has 0 aromatic heterocycles. The topological polar surface area (TPSA) is 15.3 Å². The lowest BCUT2D eigenvalue weighted by Crippen LogP contribution is -2.49. The van der Waals surface area contributed by atoms with E-state index in [9.17, 15) is 0 Å². The second-order valence-electron chi connectivity index (χ2n) is 7.40. The number of hydrogen-bond acceptors (Lipinski definition) is 2. The molecule has 20 heavy (non-hydrogen) atoms. The Balaban J connectivity index is 2.59. The highest BCUT2D eigenvalue weighted by atomic mass is 15.2. The van der Waals surface area contributed by atoms with E-state index in [1.165, 1.54) is 58.2 Å². The van der Waals surface area contributed by atoms with Gasteiger partial charge in [0.15, 0.2) is 0 Å². The van der Waals surface area contributed by atoms with Gasteiger partial charge in [-0.3, -0.25) is 4.90 Å². The fourth-order valence-corrected chi connectivity index (χ4v) is 3.46. The van der Waals surface area contributed by atoms with Gasteiger partial charge in [-0.1, -0.05) is 40.0 Å². The number of hydrogen-bond donors (Lipinski definition) is 1. The smallest absolute Gasteiger partial charge is 0.0223 e. The molecule has 0 aromatic rings. The lowest BCUT2D eigenvalue weighted by atomic mass is 9.83. The predicted molar refractivity (Wildman–Crippen MR) is 90.2 cm³/mol. The van der Waals surface area contributed by atoms with Crippen LogP contribution in [0.25, 0.3) is 0 Å². The first-order chi connectivity index (χ1) is 9.54. The SMILES string of the molecule is CCCNC(CN(CC(C)C)C(C)C)C1CCCCC1. The summed E-state index contributed by atoms with van der Waals surface area (Å²) in [5.74, 6) is 1.67. The maximum Gasteiger partial charge on any atom is 0.0223 e. The van der Waals surface area contributed by atoms with Crippen LogP contribution in [0.5, 0.6) is 0 Å². The fourth-order valence-electron chi connectivity index (χ4n) is 3.46. The molecule has 0 amide bonds. The molecule has 1 saturated carbocycles. The van der Waals surface area contributed by atoms with Crippen LogP contribution in [-0.2, 0) is 0 Å². The van der Waals surface area contributed by atoms with Crippen LogP contribution in [0, 0.1) is 11.8 Å². The van der Waals surface area contributed by atoms with Crippen LogP contribution in [0.15, 0.2) is 0 Å². The summed E-state index contributed by atoms with van der Waals surface area (Å²) in [5, 5.41) is 3.86. The molecule has 0 heterocycles. The normalized spacial score (nSPS) is 19.2. The molecule has 0 saturated heterocycles. The van der Waals surface area contributed by atoms with Gasteiger partial charge in [0.25, 0.3) is 0 Å². The Morgan fingerprint density at radius 3 is 2.15 bits per heavy atom. The van der Waals surface area contributed by atoms with Gasteiger partial charge < -0.3 is 5.32 Å². The van der Waals surface area contributed by atoms with Crippen molar-refractivity contribution in [2.24, 2.45) is 11.8 Å². The zero-order valence-corrected chi connectivity index (χ0v) is 14.6. The minimum atomic E-state index is 0.659. The van der Waals surface area contributed by atoms with Gasteiger partial charge in [-0.2, -0.15) is 0 Å². The zero-order chi connectivity index (χ0) is 15.0. The van der Waals surface area contributed by atoms with E-state index >= 15 is 0 Å². The van der Waals surface area contributed by atoms with E-state index in [-0.39, 0.29) is 0 Å². The summed E-state index contributed by atoms with van der Waals surface area (Å²) in [6.45, 7) is 15.3. The highest BCUT2D eigenvalue weighted by molar-refractivity contribution is 4.83. The first-order valence-corrected chi connectivity index (χ1v) is 9.02. The lowest BCUT2D eigenvalue weighted by Gasteiger charge is -2.37. The maximum atomic E-state index is 3.86. The maximum absolute atomic E-state index is 3.86. The second-order valence-corrected chi connectivity index (χ2v) is 7.40. The molecular formula is C18H38N2. The van der Waals surface area contributed by atoms with Gasteiger partial charge in [-0.15, -0.1) is 0 Å². The highest BCUT2D eigenvalue weighted by Gasteiger charge is 2.26. The van der Waals surface area contributed by atoms with Crippen LogP contribution < -0.4 is 5.32 Å². The zero-order valence-electron chi connectivity index (χ0n) is 14.6. The van der Waals surface area contributed by atoms with Crippen molar-refractivity contribution in [1.82, 2.24) is 10.2 Å². The van der Waals surface area contributed by atoms with E-state index in [1.807, 2.05) is 0 Å². The van der Waals surface area contributed by atoms with Crippen molar-refractivity contribution >= 4 is 0 Å². The highest BCUT2D eigenvalue weighted by Crippen LogP contribution is 2.27. The Morgan fingerprint density at radius 1 is 1.00 bits per heavy atom. The molecule has 1 fully saturated rings. The Morgan fingerprint density at radius 2 is 1.65 bits per heavy atom. The molecule has 1 aliphatic rings. The summed E-state index contributed by atoms with van der Waals surface area (Å²) in [5.41, 5.74) is 0. The molecule has 0 bridgehead atoms. The van der Waals surface area contributed by atoms with Crippen molar-refractivity contribution in [3.05, 3.63) is 0 Å². The minimum Gasteiger partial charge on any atom is -0.312 e. The molecule has 1 atom stereocenters. The van der Waals surface area contributed by atoms with Gasteiger partial charge in [0.2, 0.25) is 0 Å². The average molecular weight is 283 g/mol. The van der Waals surface area contributed by atoms with Crippen LogP contribution in [0.2, 0.25) is 0 Å². The molecule has 1 unspecified atom stereocenters. The predicted octanol–water partition coefficient (Wildman–Crippen LogP) is 4.30. The molecule has 1 rings (SSSR count). The van der Waals surface area contributed by atoms with E-state index in [0.717, 1.165) is 11.8 Å². The van der Waals surface area contributed by atoms with Gasteiger partial charge in [-0.25, -0.2) is 0 Å². The molecule has 0 aliphatic heterocycles. The van der Waals surface area contributed by atoms with E-state index in [0.29, 0.717) is 12.1 Å². The monoisotopic (exact) mass is 282 g/mol. The Hall–Kier alpha value is -0.0800. The van der Waals surface area contributed by atoms with Crippen molar-refractivity contribution in [3.8, 4) is 0 Å². The summed E-state index contributed by atoms with van der Waals surface area (Å²) in [4.78, 5) is 2.69. The van der Waals surface area contributed by atoms with Crippen LogP contribution in [0.3, 0.4) is 0 Å². The third-order valence-corrected chi connectivity index (χ3v) is 4.64. The third kappa shape index (κ3) is 6.58. The number of nitrogens with one attached hydrogen (secondary N) is 1. The van der Waals surface area contributed by atoms with E-state index in [1.54, 1.807) is 0 Å². The number of nitrogens with zero attached hydrogens (tertiary/aromatic N) is 1. The summed E-state index contributed by atoms with van der Waals surface area (Å²) in [7, 11) is 0. The van der Waals surface area contributed by atoms with Gasteiger partial charge >= 0.3 is 0 Å². The largest absolute Gasteiger partial charge is 0.312 e. The van der Waals surface area contributed by atoms with Crippen LogP contribution in [0.4, 0.5) is 0 Å². The van der Waals surface area contributed by atoms with Crippen molar-refractivity contribution < 1.29 is 0 Å². The van der Waals surface area contributed by atoms with Crippen LogP contribution in [-0.4, -0.2) is 36.6 Å². The standard InChI is InChI=1S/C18H38N2/c1-6-12-19-18(17-10-8-7-9-11-17)14-20(16(4)5)13-15(2)3/h15-19H,6-14H2,1-5H3. The Bertz CT molecular complexity index is 232. The molecule has 0 radical (unpaired) electrons. The summed E-state index contributed by atoms with van der Waals surface area (Å²) < 4.78 is 0. The Labute approximate surface area is 127 Å².